The number of hydrogen-bond acceptors (Lipinski definition) is 4. The third kappa shape index (κ3) is 4.37. The quantitative estimate of drug-likeness (QED) is 0.807. The van der Waals surface area contributed by atoms with E-state index in [2.05, 4.69) is 17.0 Å². The van der Waals surface area contributed by atoms with Gasteiger partial charge in [0, 0.05) is 17.8 Å². The second-order valence-corrected chi connectivity index (χ2v) is 8.49. The van der Waals surface area contributed by atoms with Crippen molar-refractivity contribution in [3.63, 3.8) is 0 Å². The standard InChI is InChI=1S/C15H24N2O2S2/c1-3-16-14-7-5-6-8-15(14)21(18,19)17-12-9-10-13(11-12)20-4-2/h5-8,12-13,16-17H,3-4,9-11H2,1-2H3. The molecule has 0 amide bonds. The molecule has 6 heteroatoms. The average Bonchev–Trinajstić information content (AvgIpc) is 2.86. The first-order valence-electron chi connectivity index (χ1n) is 7.53. The summed E-state index contributed by atoms with van der Waals surface area (Å²) in [5.74, 6) is 1.09. The van der Waals surface area contributed by atoms with E-state index in [1.165, 1.54) is 0 Å². The van der Waals surface area contributed by atoms with Crippen molar-refractivity contribution in [2.75, 3.05) is 17.6 Å². The maximum absolute atomic E-state index is 12.6. The van der Waals surface area contributed by atoms with Gasteiger partial charge in [-0.15, -0.1) is 0 Å². The molecule has 2 unspecified atom stereocenters. The Balaban J connectivity index is 2.09. The topological polar surface area (TPSA) is 58.2 Å². The molecule has 4 nitrogen and oxygen atoms in total. The molecular weight excluding hydrogens is 304 g/mol. The Morgan fingerprint density at radius 3 is 2.71 bits per heavy atom. The van der Waals surface area contributed by atoms with Crippen molar-refractivity contribution in [1.82, 2.24) is 4.72 Å². The third-order valence-electron chi connectivity index (χ3n) is 3.65. The van der Waals surface area contributed by atoms with E-state index in [9.17, 15) is 8.42 Å². The van der Waals surface area contributed by atoms with E-state index in [0.717, 1.165) is 25.0 Å². The summed E-state index contributed by atoms with van der Waals surface area (Å²) in [5, 5.41) is 3.70. The summed E-state index contributed by atoms with van der Waals surface area (Å²) in [6, 6.07) is 7.14. The Morgan fingerprint density at radius 1 is 1.24 bits per heavy atom. The summed E-state index contributed by atoms with van der Waals surface area (Å²) >= 11 is 1.93. The fourth-order valence-corrected chi connectivity index (χ4v) is 5.36. The van der Waals surface area contributed by atoms with Crippen molar-refractivity contribution in [2.24, 2.45) is 0 Å². The largest absolute Gasteiger partial charge is 0.384 e. The molecular formula is C15H24N2O2S2. The molecule has 1 aliphatic carbocycles. The molecule has 0 spiro atoms. The lowest BCUT2D eigenvalue weighted by Crippen LogP contribution is -2.33. The monoisotopic (exact) mass is 328 g/mol. The van der Waals surface area contributed by atoms with Crippen LogP contribution in [-0.4, -0.2) is 32.0 Å². The highest BCUT2D eigenvalue weighted by molar-refractivity contribution is 7.99. The highest BCUT2D eigenvalue weighted by Gasteiger charge is 2.29. The van der Waals surface area contributed by atoms with Crippen LogP contribution in [0.25, 0.3) is 0 Å². The summed E-state index contributed by atoms with van der Waals surface area (Å²) in [7, 11) is -3.46. The predicted octanol–water partition coefficient (Wildman–Crippen LogP) is 3.07. The maximum Gasteiger partial charge on any atom is 0.242 e. The molecule has 1 aromatic rings. The zero-order chi connectivity index (χ0) is 15.3. The Labute approximate surface area is 132 Å². The molecule has 0 bridgehead atoms. The molecule has 0 heterocycles. The summed E-state index contributed by atoms with van der Waals surface area (Å²) in [4.78, 5) is 0.346. The Kier molecular flexibility index (Phi) is 5.96. The van der Waals surface area contributed by atoms with Crippen LogP contribution in [0, 0.1) is 0 Å². The minimum Gasteiger partial charge on any atom is -0.384 e. The van der Waals surface area contributed by atoms with Crippen molar-refractivity contribution in [3.8, 4) is 0 Å². The van der Waals surface area contributed by atoms with Gasteiger partial charge >= 0.3 is 0 Å². The van der Waals surface area contributed by atoms with Crippen molar-refractivity contribution in [1.29, 1.82) is 0 Å². The van der Waals surface area contributed by atoms with Gasteiger partial charge in [-0.1, -0.05) is 19.1 Å². The number of para-hydroxylation sites is 1. The summed E-state index contributed by atoms with van der Waals surface area (Å²) in [6.07, 6.45) is 2.96. The van der Waals surface area contributed by atoms with Gasteiger partial charge in [0.05, 0.1) is 5.69 Å². The lowest BCUT2D eigenvalue weighted by Gasteiger charge is -2.16. The molecule has 21 heavy (non-hydrogen) atoms. The number of hydrogen-bond donors (Lipinski definition) is 2. The van der Waals surface area contributed by atoms with Crippen LogP contribution in [0.1, 0.15) is 33.1 Å². The van der Waals surface area contributed by atoms with Gasteiger partial charge in [0.15, 0.2) is 0 Å². The molecule has 118 valence electrons. The van der Waals surface area contributed by atoms with Crippen LogP contribution < -0.4 is 10.0 Å². The number of anilines is 1. The SMILES string of the molecule is CCNc1ccccc1S(=O)(=O)NC1CCC(SCC)C1. The number of thioether (sulfide) groups is 1. The minimum absolute atomic E-state index is 0.0636. The molecule has 2 atom stereocenters. The van der Waals surface area contributed by atoms with E-state index >= 15 is 0 Å². The fraction of sp³-hybridized carbons (Fsp3) is 0.600. The van der Waals surface area contributed by atoms with E-state index in [4.69, 9.17) is 0 Å². The average molecular weight is 329 g/mol. The second-order valence-electron chi connectivity index (χ2n) is 5.24. The zero-order valence-electron chi connectivity index (χ0n) is 12.6. The number of nitrogens with one attached hydrogen (secondary N) is 2. The van der Waals surface area contributed by atoms with Gasteiger partial charge in [-0.05, 0) is 44.1 Å². The molecule has 0 aliphatic heterocycles. The lowest BCUT2D eigenvalue weighted by atomic mass is 10.3. The van der Waals surface area contributed by atoms with Crippen LogP contribution in [-0.2, 0) is 10.0 Å². The maximum atomic E-state index is 12.6. The van der Waals surface area contributed by atoms with Gasteiger partial charge in [-0.3, -0.25) is 0 Å². The molecule has 0 aromatic heterocycles. The molecule has 1 aromatic carbocycles. The van der Waals surface area contributed by atoms with Gasteiger partial charge in [-0.2, -0.15) is 11.8 Å². The number of benzene rings is 1. The van der Waals surface area contributed by atoms with Gasteiger partial charge in [0.25, 0.3) is 0 Å². The van der Waals surface area contributed by atoms with Crippen LogP contribution in [0.3, 0.4) is 0 Å². The Bertz CT molecular complexity index is 561. The van der Waals surface area contributed by atoms with E-state index in [1.54, 1.807) is 12.1 Å². The molecule has 2 N–H and O–H groups in total. The summed E-state index contributed by atoms with van der Waals surface area (Å²) in [6.45, 7) is 4.81. The van der Waals surface area contributed by atoms with E-state index in [1.807, 2.05) is 30.8 Å². The highest BCUT2D eigenvalue weighted by Crippen LogP contribution is 2.31. The van der Waals surface area contributed by atoms with Crippen LogP contribution in [0.15, 0.2) is 29.2 Å². The normalized spacial score (nSPS) is 22.4. The minimum atomic E-state index is -3.46. The Morgan fingerprint density at radius 2 is 2.00 bits per heavy atom. The van der Waals surface area contributed by atoms with E-state index in [-0.39, 0.29) is 6.04 Å². The lowest BCUT2D eigenvalue weighted by molar-refractivity contribution is 0.553. The van der Waals surface area contributed by atoms with Crippen molar-refractivity contribution < 1.29 is 8.42 Å². The number of sulfonamides is 1. The predicted molar refractivity (Wildman–Crippen MR) is 90.5 cm³/mol. The summed E-state index contributed by atoms with van der Waals surface area (Å²) < 4.78 is 28.1. The van der Waals surface area contributed by atoms with Crippen LogP contribution in [0.4, 0.5) is 5.69 Å². The first-order valence-corrected chi connectivity index (χ1v) is 10.1. The highest BCUT2D eigenvalue weighted by atomic mass is 32.2. The molecule has 1 saturated carbocycles. The molecule has 0 radical (unpaired) electrons. The van der Waals surface area contributed by atoms with Gasteiger partial charge in [0.2, 0.25) is 10.0 Å². The van der Waals surface area contributed by atoms with E-state index in [0.29, 0.717) is 22.4 Å². The molecule has 2 rings (SSSR count). The summed E-state index contributed by atoms with van der Waals surface area (Å²) in [5.41, 5.74) is 0.671. The van der Waals surface area contributed by atoms with Crippen molar-refractivity contribution in [3.05, 3.63) is 24.3 Å². The Hall–Kier alpha value is -0.720. The van der Waals surface area contributed by atoms with Crippen LogP contribution in [0.5, 0.6) is 0 Å². The van der Waals surface area contributed by atoms with Crippen molar-refractivity contribution in [2.45, 2.75) is 49.3 Å². The first-order chi connectivity index (χ1) is 10.1. The van der Waals surface area contributed by atoms with E-state index < -0.39 is 10.0 Å². The smallest absolute Gasteiger partial charge is 0.242 e. The van der Waals surface area contributed by atoms with Crippen molar-refractivity contribution >= 4 is 27.5 Å². The van der Waals surface area contributed by atoms with Gasteiger partial charge < -0.3 is 5.32 Å². The van der Waals surface area contributed by atoms with Gasteiger partial charge in [-0.25, -0.2) is 13.1 Å². The molecule has 0 saturated heterocycles. The second kappa shape index (κ2) is 7.51. The molecule has 1 fully saturated rings. The van der Waals surface area contributed by atoms with Crippen LogP contribution >= 0.6 is 11.8 Å². The molecule has 1 aliphatic rings. The van der Waals surface area contributed by atoms with Crippen LogP contribution in [0.2, 0.25) is 0 Å². The fourth-order valence-electron chi connectivity index (χ4n) is 2.75. The first kappa shape index (κ1) is 16.6. The van der Waals surface area contributed by atoms with Gasteiger partial charge in [0.1, 0.15) is 4.90 Å². The third-order valence-corrected chi connectivity index (χ3v) is 6.46. The number of rotatable bonds is 7. The zero-order valence-corrected chi connectivity index (χ0v) is 14.3.